The maximum atomic E-state index is 11.4. The van der Waals surface area contributed by atoms with E-state index in [0.29, 0.717) is 29.9 Å². The number of benzene rings is 1. The first kappa shape index (κ1) is 12.4. The molecule has 0 bridgehead atoms. The molecule has 0 aliphatic heterocycles. The molecule has 0 aromatic heterocycles. The fourth-order valence-corrected chi connectivity index (χ4v) is 2.10. The molecule has 18 heavy (non-hydrogen) atoms. The summed E-state index contributed by atoms with van der Waals surface area (Å²) in [7, 11) is 1.55. The Hall–Kier alpha value is -2.02. The summed E-state index contributed by atoms with van der Waals surface area (Å²) in [5.74, 6) is 1.42. The molecule has 1 saturated carbocycles. The number of ether oxygens (including phenoxy) is 2. The Morgan fingerprint density at radius 2 is 2.11 bits per heavy atom. The second kappa shape index (κ2) is 5.54. The Balaban J connectivity index is 2.13. The highest BCUT2D eigenvalue weighted by molar-refractivity contribution is 5.79. The highest BCUT2D eigenvalue weighted by atomic mass is 16.5. The largest absolute Gasteiger partial charge is 0.497 e. The van der Waals surface area contributed by atoms with Crippen molar-refractivity contribution < 1.29 is 14.3 Å². The average Bonchev–Trinajstić information content (AvgIpc) is 2.38. The number of methoxy groups -OCH3 is 1. The van der Waals surface area contributed by atoms with Gasteiger partial charge in [-0.15, -0.1) is 0 Å². The quantitative estimate of drug-likeness (QED) is 0.820. The fraction of sp³-hybridized carbons (Fsp3) is 0.429. The molecule has 1 aromatic rings. The van der Waals surface area contributed by atoms with Crippen molar-refractivity contribution in [1.29, 1.82) is 5.26 Å². The zero-order valence-electron chi connectivity index (χ0n) is 10.3. The SMILES string of the molecule is COc1cc(C#N)cc(OC2CCCC(=O)C2)c1. The number of hydrogen-bond acceptors (Lipinski definition) is 4. The van der Waals surface area contributed by atoms with Gasteiger partial charge in [-0.2, -0.15) is 5.26 Å². The molecule has 94 valence electrons. The first-order valence-electron chi connectivity index (χ1n) is 5.99. The van der Waals surface area contributed by atoms with Crippen LogP contribution in [0.5, 0.6) is 11.5 Å². The summed E-state index contributed by atoms with van der Waals surface area (Å²) in [5, 5.41) is 8.91. The highest BCUT2D eigenvalue weighted by Crippen LogP contribution is 2.26. The number of hydrogen-bond donors (Lipinski definition) is 0. The molecule has 0 heterocycles. The van der Waals surface area contributed by atoms with E-state index in [1.165, 1.54) is 0 Å². The monoisotopic (exact) mass is 245 g/mol. The number of carbonyl (C=O) groups excluding carboxylic acids is 1. The van der Waals surface area contributed by atoms with Gasteiger partial charge in [0.1, 0.15) is 23.4 Å². The van der Waals surface area contributed by atoms with E-state index in [0.717, 1.165) is 12.8 Å². The normalized spacial score (nSPS) is 19.1. The lowest BCUT2D eigenvalue weighted by Crippen LogP contribution is -2.25. The van der Waals surface area contributed by atoms with Crippen molar-refractivity contribution in [3.8, 4) is 17.6 Å². The van der Waals surface area contributed by atoms with Crippen molar-refractivity contribution in [3.63, 3.8) is 0 Å². The van der Waals surface area contributed by atoms with Gasteiger partial charge in [-0.25, -0.2) is 0 Å². The van der Waals surface area contributed by atoms with Gasteiger partial charge in [0.05, 0.1) is 18.7 Å². The van der Waals surface area contributed by atoms with E-state index in [9.17, 15) is 4.79 Å². The molecule has 1 fully saturated rings. The van der Waals surface area contributed by atoms with Crippen molar-refractivity contribution in [2.24, 2.45) is 0 Å². The van der Waals surface area contributed by atoms with Crippen molar-refractivity contribution >= 4 is 5.78 Å². The number of ketones is 1. The summed E-state index contributed by atoms with van der Waals surface area (Å²) in [6, 6.07) is 7.12. The van der Waals surface area contributed by atoms with Gasteiger partial charge in [-0.05, 0) is 25.0 Å². The van der Waals surface area contributed by atoms with E-state index in [-0.39, 0.29) is 11.9 Å². The van der Waals surface area contributed by atoms with E-state index >= 15 is 0 Å². The van der Waals surface area contributed by atoms with E-state index < -0.39 is 0 Å². The van der Waals surface area contributed by atoms with Crippen molar-refractivity contribution in [2.45, 2.75) is 31.8 Å². The molecule has 1 aliphatic carbocycles. The highest BCUT2D eigenvalue weighted by Gasteiger charge is 2.21. The maximum absolute atomic E-state index is 11.4. The van der Waals surface area contributed by atoms with E-state index in [1.54, 1.807) is 25.3 Å². The summed E-state index contributed by atoms with van der Waals surface area (Å²) in [4.78, 5) is 11.4. The number of Topliss-reactive ketones (excluding diaryl/α,β-unsaturated/α-hetero) is 1. The number of nitriles is 1. The summed E-state index contributed by atoms with van der Waals surface area (Å²) in [6.45, 7) is 0. The summed E-state index contributed by atoms with van der Waals surface area (Å²) >= 11 is 0. The van der Waals surface area contributed by atoms with E-state index in [1.807, 2.05) is 0 Å². The van der Waals surface area contributed by atoms with Crippen LogP contribution in [-0.4, -0.2) is 19.0 Å². The molecule has 0 N–H and O–H groups in total. The zero-order valence-corrected chi connectivity index (χ0v) is 10.3. The van der Waals surface area contributed by atoms with Crippen molar-refractivity contribution in [1.82, 2.24) is 0 Å². The summed E-state index contributed by atoms with van der Waals surface area (Å²) < 4.78 is 10.9. The molecule has 0 radical (unpaired) electrons. The van der Waals surface area contributed by atoms with Gasteiger partial charge in [0.15, 0.2) is 0 Å². The van der Waals surface area contributed by atoms with Crippen LogP contribution >= 0.6 is 0 Å². The Labute approximate surface area is 106 Å². The molecule has 1 aliphatic rings. The average molecular weight is 245 g/mol. The minimum atomic E-state index is -0.0788. The molecule has 2 rings (SSSR count). The number of carbonyl (C=O) groups is 1. The lowest BCUT2D eigenvalue weighted by Gasteiger charge is -2.22. The Bertz CT molecular complexity index is 490. The molecule has 0 spiro atoms. The minimum Gasteiger partial charge on any atom is -0.497 e. The van der Waals surface area contributed by atoms with E-state index in [4.69, 9.17) is 14.7 Å². The van der Waals surface area contributed by atoms with Crippen LogP contribution in [0.15, 0.2) is 18.2 Å². The molecule has 0 saturated heterocycles. The van der Waals surface area contributed by atoms with Gasteiger partial charge in [0, 0.05) is 18.9 Å². The third-order valence-electron chi connectivity index (χ3n) is 2.98. The molecule has 1 aromatic carbocycles. The lowest BCUT2D eigenvalue weighted by atomic mass is 9.96. The van der Waals surface area contributed by atoms with Crippen LogP contribution in [-0.2, 0) is 4.79 Å². The van der Waals surface area contributed by atoms with Gasteiger partial charge < -0.3 is 9.47 Å². The fourth-order valence-electron chi connectivity index (χ4n) is 2.10. The molecular formula is C14H15NO3. The maximum Gasteiger partial charge on any atom is 0.136 e. The zero-order chi connectivity index (χ0) is 13.0. The summed E-state index contributed by atoms with van der Waals surface area (Å²) in [5.41, 5.74) is 0.492. The van der Waals surface area contributed by atoms with Crippen LogP contribution in [0.4, 0.5) is 0 Å². The first-order valence-corrected chi connectivity index (χ1v) is 5.99. The third kappa shape index (κ3) is 3.01. The van der Waals surface area contributed by atoms with Gasteiger partial charge >= 0.3 is 0 Å². The Kier molecular flexibility index (Phi) is 3.83. The smallest absolute Gasteiger partial charge is 0.136 e. The predicted octanol–water partition coefficient (Wildman–Crippen LogP) is 2.46. The van der Waals surface area contributed by atoms with Crippen LogP contribution in [0.2, 0.25) is 0 Å². The van der Waals surface area contributed by atoms with Gasteiger partial charge in [0.25, 0.3) is 0 Å². The second-order valence-corrected chi connectivity index (χ2v) is 4.38. The van der Waals surface area contributed by atoms with Crippen LogP contribution < -0.4 is 9.47 Å². The topological polar surface area (TPSA) is 59.3 Å². The van der Waals surface area contributed by atoms with Crippen LogP contribution in [0, 0.1) is 11.3 Å². The number of nitrogens with zero attached hydrogens (tertiary/aromatic N) is 1. The minimum absolute atomic E-state index is 0.0788. The lowest BCUT2D eigenvalue weighted by molar-refractivity contribution is -0.122. The van der Waals surface area contributed by atoms with Gasteiger partial charge in [-0.1, -0.05) is 0 Å². The molecule has 4 nitrogen and oxygen atoms in total. The van der Waals surface area contributed by atoms with Crippen molar-refractivity contribution in [2.75, 3.05) is 7.11 Å². The van der Waals surface area contributed by atoms with Crippen LogP contribution in [0.3, 0.4) is 0 Å². The molecular weight excluding hydrogens is 230 g/mol. The molecule has 1 unspecified atom stereocenters. The Morgan fingerprint density at radius 3 is 2.78 bits per heavy atom. The standard InChI is InChI=1S/C14H15NO3/c1-17-13-5-10(9-15)6-14(8-13)18-12-4-2-3-11(16)7-12/h5-6,8,12H,2-4,7H2,1H3. The summed E-state index contributed by atoms with van der Waals surface area (Å²) in [6.07, 6.45) is 2.79. The van der Waals surface area contributed by atoms with E-state index in [2.05, 4.69) is 6.07 Å². The first-order chi connectivity index (χ1) is 8.71. The van der Waals surface area contributed by atoms with Crippen LogP contribution in [0.1, 0.15) is 31.2 Å². The second-order valence-electron chi connectivity index (χ2n) is 4.38. The Morgan fingerprint density at radius 1 is 1.33 bits per heavy atom. The molecule has 4 heteroatoms. The predicted molar refractivity (Wildman–Crippen MR) is 65.6 cm³/mol. The van der Waals surface area contributed by atoms with Gasteiger partial charge in [-0.3, -0.25) is 4.79 Å². The number of rotatable bonds is 3. The van der Waals surface area contributed by atoms with Gasteiger partial charge in [0.2, 0.25) is 0 Å². The third-order valence-corrected chi connectivity index (χ3v) is 2.98. The van der Waals surface area contributed by atoms with Crippen LogP contribution in [0.25, 0.3) is 0 Å². The molecule has 0 amide bonds. The van der Waals surface area contributed by atoms with Crippen molar-refractivity contribution in [3.05, 3.63) is 23.8 Å². The molecule has 1 atom stereocenters.